The zero-order valence-electron chi connectivity index (χ0n) is 18.3. The van der Waals surface area contributed by atoms with E-state index in [0.717, 1.165) is 47.9 Å². The molecule has 0 spiro atoms. The highest BCUT2D eigenvalue weighted by Gasteiger charge is 2.26. The Hall–Kier alpha value is -3.07. The number of methoxy groups -OCH3 is 1. The molecule has 2 saturated heterocycles. The van der Waals surface area contributed by atoms with Crippen LogP contribution in [0.1, 0.15) is 29.8 Å². The van der Waals surface area contributed by atoms with Gasteiger partial charge in [0.2, 0.25) is 10.3 Å². The fourth-order valence-electron chi connectivity index (χ4n) is 4.36. The number of hydrogen-bond donors (Lipinski definition) is 0. The van der Waals surface area contributed by atoms with E-state index >= 15 is 0 Å². The lowest BCUT2D eigenvalue weighted by atomic mass is 10.1. The number of anilines is 2. The van der Waals surface area contributed by atoms with Crippen LogP contribution < -0.4 is 14.5 Å². The second kappa shape index (κ2) is 9.20. The summed E-state index contributed by atoms with van der Waals surface area (Å²) in [5.74, 6) is 0.891. The first-order valence-corrected chi connectivity index (χ1v) is 12.0. The van der Waals surface area contributed by atoms with E-state index in [-0.39, 0.29) is 5.91 Å². The quantitative estimate of drug-likeness (QED) is 0.592. The summed E-state index contributed by atoms with van der Waals surface area (Å²) >= 11 is 1.55. The number of hydrogen-bond acceptors (Lipinski definition) is 7. The van der Waals surface area contributed by atoms with Gasteiger partial charge in [-0.3, -0.25) is 9.36 Å². The average Bonchev–Trinajstić information content (AvgIpc) is 3.54. The number of aromatic nitrogens is 3. The van der Waals surface area contributed by atoms with Crippen molar-refractivity contribution in [1.29, 1.82) is 0 Å². The SMILES string of the molecule is COc1ccc(N2CCN(C(=O)c3cccn3-c3nnc(N4CCCCC4)s3)CC2)cc1. The van der Waals surface area contributed by atoms with E-state index in [1.807, 2.05) is 39.9 Å². The van der Waals surface area contributed by atoms with E-state index in [0.29, 0.717) is 18.8 Å². The molecule has 168 valence electrons. The van der Waals surface area contributed by atoms with E-state index in [9.17, 15) is 4.79 Å². The van der Waals surface area contributed by atoms with Gasteiger partial charge >= 0.3 is 0 Å². The second-order valence-electron chi connectivity index (χ2n) is 8.16. The monoisotopic (exact) mass is 452 g/mol. The van der Waals surface area contributed by atoms with Crippen molar-refractivity contribution < 1.29 is 9.53 Å². The van der Waals surface area contributed by atoms with Gasteiger partial charge in [0.05, 0.1) is 7.11 Å². The Bertz CT molecular complexity index is 1050. The van der Waals surface area contributed by atoms with Crippen LogP contribution in [0.4, 0.5) is 10.8 Å². The van der Waals surface area contributed by atoms with Crippen LogP contribution in [0.15, 0.2) is 42.6 Å². The highest BCUT2D eigenvalue weighted by atomic mass is 32.1. The fourth-order valence-corrected chi connectivity index (χ4v) is 5.26. The number of nitrogens with zero attached hydrogens (tertiary/aromatic N) is 6. The molecule has 1 aromatic carbocycles. The van der Waals surface area contributed by atoms with Crippen molar-refractivity contribution >= 4 is 28.1 Å². The smallest absolute Gasteiger partial charge is 0.271 e. The third kappa shape index (κ3) is 4.17. The normalized spacial score (nSPS) is 17.0. The maximum absolute atomic E-state index is 13.3. The molecule has 0 aliphatic carbocycles. The van der Waals surface area contributed by atoms with Crippen LogP contribution in [0, 0.1) is 0 Å². The van der Waals surface area contributed by atoms with Gasteiger partial charge in [0, 0.05) is 51.2 Å². The number of carbonyl (C=O) groups excluding carboxylic acids is 1. The van der Waals surface area contributed by atoms with Crippen LogP contribution in [0.25, 0.3) is 5.13 Å². The van der Waals surface area contributed by atoms with Crippen LogP contribution >= 0.6 is 11.3 Å². The first-order valence-electron chi connectivity index (χ1n) is 11.2. The van der Waals surface area contributed by atoms with Gasteiger partial charge in [-0.05, 0) is 55.7 Å². The van der Waals surface area contributed by atoms with Gasteiger partial charge < -0.3 is 19.4 Å². The Kier molecular flexibility index (Phi) is 5.98. The predicted octanol–water partition coefficient (Wildman–Crippen LogP) is 3.29. The molecule has 0 radical (unpaired) electrons. The summed E-state index contributed by atoms with van der Waals surface area (Å²) in [5, 5.41) is 10.5. The topological polar surface area (TPSA) is 66.7 Å². The van der Waals surface area contributed by atoms with E-state index < -0.39 is 0 Å². The average molecular weight is 453 g/mol. The summed E-state index contributed by atoms with van der Waals surface area (Å²) in [6, 6.07) is 11.9. The number of carbonyl (C=O) groups is 1. The van der Waals surface area contributed by atoms with Crippen molar-refractivity contribution in [3.05, 3.63) is 48.3 Å². The van der Waals surface area contributed by atoms with Crippen molar-refractivity contribution in [1.82, 2.24) is 19.7 Å². The molecule has 1 amide bonds. The number of amides is 1. The van der Waals surface area contributed by atoms with Gasteiger partial charge in [0.15, 0.2) is 0 Å². The number of rotatable bonds is 5. The van der Waals surface area contributed by atoms with Gasteiger partial charge in [0.1, 0.15) is 11.4 Å². The molecular weight excluding hydrogens is 424 g/mol. The van der Waals surface area contributed by atoms with Gasteiger partial charge in [-0.15, -0.1) is 10.2 Å². The van der Waals surface area contributed by atoms with Gasteiger partial charge in [-0.2, -0.15) is 0 Å². The Morgan fingerprint density at radius 2 is 1.59 bits per heavy atom. The molecule has 0 saturated carbocycles. The molecular formula is C23H28N6O2S. The first kappa shape index (κ1) is 20.8. The standard InChI is InChI=1S/C23H28N6O2S/c1-31-19-9-7-18(8-10-19)26-14-16-27(17-15-26)21(30)20-6-5-13-29(20)23-25-24-22(32-23)28-11-3-2-4-12-28/h5-10,13H,2-4,11-12,14-17H2,1H3. The lowest BCUT2D eigenvalue weighted by Crippen LogP contribution is -2.49. The molecule has 0 bridgehead atoms. The molecule has 2 fully saturated rings. The minimum absolute atomic E-state index is 0.0408. The van der Waals surface area contributed by atoms with Crippen molar-refractivity contribution in [2.75, 3.05) is 56.2 Å². The summed E-state index contributed by atoms with van der Waals surface area (Å²) in [5.41, 5.74) is 1.80. The molecule has 0 unspecified atom stereocenters. The van der Waals surface area contributed by atoms with E-state index in [1.54, 1.807) is 18.4 Å². The summed E-state index contributed by atoms with van der Waals surface area (Å²) in [6.45, 7) is 5.04. The minimum atomic E-state index is 0.0408. The lowest BCUT2D eigenvalue weighted by molar-refractivity contribution is 0.0739. The minimum Gasteiger partial charge on any atom is -0.497 e. The van der Waals surface area contributed by atoms with Crippen molar-refractivity contribution in [3.63, 3.8) is 0 Å². The third-order valence-electron chi connectivity index (χ3n) is 6.21. The first-order chi connectivity index (χ1) is 15.7. The van der Waals surface area contributed by atoms with E-state index in [2.05, 4.69) is 32.1 Å². The van der Waals surface area contributed by atoms with Crippen LogP contribution in [0.2, 0.25) is 0 Å². The molecule has 0 atom stereocenters. The van der Waals surface area contributed by atoms with Gasteiger partial charge in [-0.25, -0.2) is 0 Å². The largest absolute Gasteiger partial charge is 0.497 e. The highest BCUT2D eigenvalue weighted by Crippen LogP contribution is 2.27. The lowest BCUT2D eigenvalue weighted by Gasteiger charge is -2.36. The number of ether oxygens (including phenoxy) is 1. The summed E-state index contributed by atoms with van der Waals surface area (Å²) in [4.78, 5) is 19.8. The van der Waals surface area contributed by atoms with Crippen molar-refractivity contribution in [3.8, 4) is 10.9 Å². The number of benzene rings is 1. The molecule has 32 heavy (non-hydrogen) atoms. The van der Waals surface area contributed by atoms with Crippen LogP contribution in [0.5, 0.6) is 5.75 Å². The van der Waals surface area contributed by atoms with Gasteiger partial charge in [0.25, 0.3) is 5.91 Å². The summed E-state index contributed by atoms with van der Waals surface area (Å²) in [7, 11) is 1.67. The highest BCUT2D eigenvalue weighted by molar-refractivity contribution is 7.17. The number of piperazine rings is 1. The molecule has 5 rings (SSSR count). The molecule has 3 aromatic rings. The molecule has 2 aliphatic rings. The molecule has 8 nitrogen and oxygen atoms in total. The molecule has 2 aliphatic heterocycles. The predicted molar refractivity (Wildman–Crippen MR) is 126 cm³/mol. The van der Waals surface area contributed by atoms with Crippen LogP contribution in [-0.4, -0.2) is 71.9 Å². The van der Waals surface area contributed by atoms with E-state index in [1.165, 1.54) is 19.3 Å². The second-order valence-corrected chi connectivity index (χ2v) is 9.09. The van der Waals surface area contributed by atoms with Crippen LogP contribution in [-0.2, 0) is 0 Å². The Balaban J connectivity index is 1.25. The zero-order chi connectivity index (χ0) is 21.9. The number of piperidine rings is 1. The molecule has 2 aromatic heterocycles. The van der Waals surface area contributed by atoms with Crippen molar-refractivity contribution in [2.45, 2.75) is 19.3 Å². The molecule has 0 N–H and O–H groups in total. The maximum Gasteiger partial charge on any atom is 0.271 e. The van der Waals surface area contributed by atoms with Gasteiger partial charge in [-0.1, -0.05) is 11.3 Å². The molecule has 4 heterocycles. The van der Waals surface area contributed by atoms with Crippen molar-refractivity contribution in [2.24, 2.45) is 0 Å². The summed E-state index contributed by atoms with van der Waals surface area (Å²) < 4.78 is 7.12. The Morgan fingerprint density at radius 3 is 2.31 bits per heavy atom. The Labute approximate surface area is 192 Å². The van der Waals surface area contributed by atoms with E-state index in [4.69, 9.17) is 4.74 Å². The maximum atomic E-state index is 13.3. The Morgan fingerprint density at radius 1 is 0.875 bits per heavy atom. The summed E-state index contributed by atoms with van der Waals surface area (Å²) in [6.07, 6.45) is 5.58. The molecule has 9 heteroatoms. The third-order valence-corrected chi connectivity index (χ3v) is 7.19. The zero-order valence-corrected chi connectivity index (χ0v) is 19.1. The van der Waals surface area contributed by atoms with Crippen LogP contribution in [0.3, 0.4) is 0 Å². The fraction of sp³-hybridized carbons (Fsp3) is 0.435.